The molecule has 192 valence electrons. The molecule has 3 heterocycles. The van der Waals surface area contributed by atoms with Gasteiger partial charge >= 0.3 is 0 Å². The van der Waals surface area contributed by atoms with Crippen LogP contribution in [0.5, 0.6) is 11.6 Å². The number of ether oxygens (including phenoxy) is 1. The number of aryl methyl sites for hydroxylation is 1. The van der Waals surface area contributed by atoms with E-state index in [4.69, 9.17) is 10.5 Å². The number of primary amides is 1. The highest BCUT2D eigenvalue weighted by Crippen LogP contribution is 2.29. The number of nitrogens with two attached hydrogens (primary N) is 1. The first-order valence-electron chi connectivity index (χ1n) is 11.9. The maximum atomic E-state index is 12.2. The molecule has 0 radical (unpaired) electrons. The quantitative estimate of drug-likeness (QED) is 0.377. The molecule has 1 aliphatic rings. The van der Waals surface area contributed by atoms with E-state index in [2.05, 4.69) is 49.0 Å². The molecule has 1 aliphatic heterocycles. The van der Waals surface area contributed by atoms with E-state index in [9.17, 15) is 9.59 Å². The predicted molar refractivity (Wildman–Crippen MR) is 143 cm³/mol. The van der Waals surface area contributed by atoms with Crippen LogP contribution < -0.4 is 26.0 Å². The van der Waals surface area contributed by atoms with E-state index >= 15 is 0 Å². The molecule has 37 heavy (non-hydrogen) atoms. The Morgan fingerprint density at radius 2 is 1.84 bits per heavy atom. The van der Waals surface area contributed by atoms with Gasteiger partial charge in [-0.25, -0.2) is 4.98 Å². The molecule has 0 bridgehead atoms. The van der Waals surface area contributed by atoms with E-state index in [1.54, 1.807) is 6.07 Å². The minimum atomic E-state index is -0.707. The molecule has 11 nitrogen and oxygen atoms in total. The summed E-state index contributed by atoms with van der Waals surface area (Å²) in [5.74, 6) is -0.376. The number of benzene rings is 1. The van der Waals surface area contributed by atoms with Gasteiger partial charge in [0.25, 0.3) is 5.91 Å². The second kappa shape index (κ2) is 11.5. The fourth-order valence-electron chi connectivity index (χ4n) is 3.83. The zero-order valence-corrected chi connectivity index (χ0v) is 20.9. The van der Waals surface area contributed by atoms with Crippen LogP contribution in [0.15, 0.2) is 55.4 Å². The lowest BCUT2D eigenvalue weighted by Gasteiger charge is -2.34. The Morgan fingerprint density at radius 1 is 1.11 bits per heavy atom. The molecule has 4 rings (SSSR count). The number of anilines is 4. The third-order valence-corrected chi connectivity index (χ3v) is 5.88. The second-order valence-electron chi connectivity index (χ2n) is 8.56. The highest BCUT2D eigenvalue weighted by Gasteiger charge is 2.19. The van der Waals surface area contributed by atoms with Crippen LogP contribution in [-0.2, 0) is 11.2 Å². The number of piperazine rings is 1. The van der Waals surface area contributed by atoms with Crippen LogP contribution in [-0.4, -0.2) is 64.9 Å². The number of carbonyl (C=O) groups is 2. The van der Waals surface area contributed by atoms with Crippen LogP contribution in [0, 0.1) is 0 Å². The molecule has 1 saturated heterocycles. The minimum absolute atomic E-state index is 0.0115. The molecule has 2 amide bonds. The lowest BCUT2D eigenvalue weighted by atomic mass is 10.2. The normalized spacial score (nSPS) is 13.6. The number of hydrogen-bond donors (Lipinski definition) is 3. The summed E-state index contributed by atoms with van der Waals surface area (Å²) in [6, 6.07) is 9.49. The molecule has 11 heteroatoms. The Kier molecular flexibility index (Phi) is 7.94. The van der Waals surface area contributed by atoms with Crippen molar-refractivity contribution in [1.29, 1.82) is 0 Å². The summed E-state index contributed by atoms with van der Waals surface area (Å²) in [7, 11) is 2.12. The summed E-state index contributed by atoms with van der Waals surface area (Å²) in [4.78, 5) is 41.5. The van der Waals surface area contributed by atoms with Crippen molar-refractivity contribution in [3.05, 3.63) is 66.8 Å². The summed E-state index contributed by atoms with van der Waals surface area (Å²) in [5, 5.41) is 5.78. The lowest BCUT2D eigenvalue weighted by molar-refractivity contribution is -0.111. The minimum Gasteiger partial charge on any atom is -0.435 e. The third-order valence-electron chi connectivity index (χ3n) is 5.88. The van der Waals surface area contributed by atoms with Crippen molar-refractivity contribution in [1.82, 2.24) is 19.9 Å². The van der Waals surface area contributed by atoms with E-state index < -0.39 is 5.91 Å². The molecule has 4 N–H and O–H groups in total. The molecule has 3 aromatic rings. The van der Waals surface area contributed by atoms with Crippen molar-refractivity contribution in [3.63, 3.8) is 0 Å². The summed E-state index contributed by atoms with van der Waals surface area (Å²) >= 11 is 0. The number of nitrogens with zero attached hydrogens (tertiary/aromatic N) is 5. The number of likely N-dealkylation sites (N-methyl/N-ethyl adjacent to an activating group) is 1. The molecular weight excluding hydrogens is 472 g/mol. The van der Waals surface area contributed by atoms with Gasteiger partial charge in [-0.1, -0.05) is 13.5 Å². The number of carbonyl (C=O) groups excluding carboxylic acids is 2. The van der Waals surface area contributed by atoms with Crippen LogP contribution in [0.1, 0.15) is 23.1 Å². The summed E-state index contributed by atoms with van der Waals surface area (Å²) in [6.07, 6.45) is 4.57. The van der Waals surface area contributed by atoms with Gasteiger partial charge in [0.2, 0.25) is 11.8 Å². The number of rotatable bonds is 9. The third kappa shape index (κ3) is 6.39. The number of hydrogen-bond acceptors (Lipinski definition) is 9. The molecule has 0 unspecified atom stereocenters. The Balaban J connectivity index is 1.58. The highest BCUT2D eigenvalue weighted by atomic mass is 16.5. The molecule has 2 aromatic heterocycles. The van der Waals surface area contributed by atoms with Crippen LogP contribution in [0.4, 0.5) is 22.9 Å². The first-order chi connectivity index (χ1) is 17.9. The van der Waals surface area contributed by atoms with Gasteiger partial charge in [-0.05, 0) is 43.8 Å². The van der Waals surface area contributed by atoms with Crippen molar-refractivity contribution >= 4 is 34.7 Å². The monoisotopic (exact) mass is 502 g/mol. The van der Waals surface area contributed by atoms with E-state index in [0.29, 0.717) is 23.6 Å². The molecular formula is C26H30N8O3. The summed E-state index contributed by atoms with van der Waals surface area (Å²) < 4.78 is 5.96. The predicted octanol–water partition coefficient (Wildman–Crippen LogP) is 2.95. The molecule has 0 saturated carbocycles. The average Bonchev–Trinajstić information content (AvgIpc) is 2.90. The van der Waals surface area contributed by atoms with Crippen LogP contribution in [0.2, 0.25) is 0 Å². The molecule has 1 aromatic carbocycles. The standard InChI is InChI=1S/C26H30N8O3/c1-4-21-26(37-20-14-18(15-28-16-20)29-22(35)5-2)32-25(23(31-21)24(27)36)30-17-6-8-19(9-7-17)34-12-10-33(3)11-13-34/h5-9,14-16H,2,4,10-13H2,1,3H3,(H2,27,36)(H,29,35)(H,30,32). The maximum absolute atomic E-state index is 12.2. The van der Waals surface area contributed by atoms with Crippen molar-refractivity contribution in [2.75, 3.05) is 48.8 Å². The van der Waals surface area contributed by atoms with Crippen molar-refractivity contribution in [2.45, 2.75) is 13.3 Å². The SMILES string of the molecule is C=CC(=O)Nc1cncc(Oc2nc(Nc3ccc(N4CCN(C)CC4)cc3)c(C(N)=O)nc2CC)c1. The first kappa shape index (κ1) is 25.6. The van der Waals surface area contributed by atoms with Gasteiger partial charge in [0.05, 0.1) is 18.1 Å². The van der Waals surface area contributed by atoms with E-state index in [1.165, 1.54) is 12.4 Å². The fraction of sp³-hybridized carbons (Fsp3) is 0.269. The van der Waals surface area contributed by atoms with Gasteiger partial charge in [0.1, 0.15) is 11.4 Å². The number of amides is 2. The van der Waals surface area contributed by atoms with E-state index in [-0.39, 0.29) is 23.3 Å². The summed E-state index contributed by atoms with van der Waals surface area (Å²) in [6.45, 7) is 9.27. The Morgan fingerprint density at radius 3 is 2.49 bits per heavy atom. The molecule has 0 atom stereocenters. The van der Waals surface area contributed by atoms with Gasteiger partial charge in [-0.15, -0.1) is 0 Å². The Hall–Kier alpha value is -4.51. The number of nitrogens with one attached hydrogen (secondary N) is 2. The smallest absolute Gasteiger partial charge is 0.271 e. The number of pyridine rings is 1. The van der Waals surface area contributed by atoms with Crippen LogP contribution in [0.3, 0.4) is 0 Å². The average molecular weight is 503 g/mol. The van der Waals surface area contributed by atoms with Crippen molar-refractivity contribution in [3.8, 4) is 11.6 Å². The Bertz CT molecular complexity index is 1290. The van der Waals surface area contributed by atoms with Crippen molar-refractivity contribution < 1.29 is 14.3 Å². The van der Waals surface area contributed by atoms with Gasteiger partial charge in [0.15, 0.2) is 11.5 Å². The van der Waals surface area contributed by atoms with Gasteiger partial charge in [-0.2, -0.15) is 4.98 Å². The topological polar surface area (TPSA) is 139 Å². The molecule has 1 fully saturated rings. The van der Waals surface area contributed by atoms with Gasteiger partial charge < -0.3 is 30.9 Å². The van der Waals surface area contributed by atoms with E-state index in [1.807, 2.05) is 31.2 Å². The van der Waals surface area contributed by atoms with Gasteiger partial charge in [0, 0.05) is 43.6 Å². The maximum Gasteiger partial charge on any atom is 0.271 e. The second-order valence-corrected chi connectivity index (χ2v) is 8.56. The fourth-order valence-corrected chi connectivity index (χ4v) is 3.83. The number of aromatic nitrogens is 3. The van der Waals surface area contributed by atoms with E-state index in [0.717, 1.165) is 43.6 Å². The van der Waals surface area contributed by atoms with Crippen molar-refractivity contribution in [2.24, 2.45) is 5.73 Å². The highest BCUT2D eigenvalue weighted by molar-refractivity contribution is 5.99. The van der Waals surface area contributed by atoms with Gasteiger partial charge in [-0.3, -0.25) is 14.6 Å². The zero-order valence-electron chi connectivity index (χ0n) is 20.9. The first-order valence-corrected chi connectivity index (χ1v) is 11.9. The van der Waals surface area contributed by atoms with Crippen LogP contribution >= 0.6 is 0 Å². The lowest BCUT2D eigenvalue weighted by Crippen LogP contribution is -2.44. The zero-order chi connectivity index (χ0) is 26.4. The molecule has 0 spiro atoms. The summed E-state index contributed by atoms with van der Waals surface area (Å²) in [5.41, 5.74) is 8.36. The Labute approximate surface area is 215 Å². The molecule has 0 aliphatic carbocycles. The largest absolute Gasteiger partial charge is 0.435 e. The van der Waals surface area contributed by atoms with Crippen LogP contribution in [0.25, 0.3) is 0 Å².